The van der Waals surface area contributed by atoms with E-state index in [0.717, 1.165) is 17.9 Å². The zero-order valence-electron chi connectivity index (χ0n) is 6.41. The summed E-state index contributed by atoms with van der Waals surface area (Å²) in [6, 6.07) is 0. The van der Waals surface area contributed by atoms with Gasteiger partial charge in [0.05, 0.1) is 11.4 Å². The number of hydrogen-bond acceptors (Lipinski definition) is 3. The Morgan fingerprint density at radius 2 is 2.55 bits per heavy atom. The lowest BCUT2D eigenvalue weighted by Gasteiger charge is -2.24. The second-order valence-electron chi connectivity index (χ2n) is 2.66. The van der Waals surface area contributed by atoms with Gasteiger partial charge in [0.25, 0.3) is 0 Å². The average Bonchev–Trinajstić information content (AvgIpc) is 2.36. The van der Waals surface area contributed by atoms with Crippen LogP contribution in [0.25, 0.3) is 0 Å². The first-order valence-corrected chi connectivity index (χ1v) is 5.82. The fraction of sp³-hybridized carbons (Fsp3) is 1.00. The molecule has 0 aromatic heterocycles. The standard InChI is InChI=1S/C6H12O3S2/c1-9-6(5-11(7)8)2-3-10-4-6/h2-5H2,1H3,(H,7,8). The van der Waals surface area contributed by atoms with E-state index in [1.165, 1.54) is 0 Å². The summed E-state index contributed by atoms with van der Waals surface area (Å²) in [6.45, 7) is 0. The van der Waals surface area contributed by atoms with Crippen molar-refractivity contribution in [3.05, 3.63) is 0 Å². The second kappa shape index (κ2) is 3.89. The molecular weight excluding hydrogens is 184 g/mol. The molecule has 2 atom stereocenters. The zero-order chi connectivity index (χ0) is 8.32. The molecule has 0 spiro atoms. The van der Waals surface area contributed by atoms with Crippen LogP contribution in [0, 0.1) is 0 Å². The summed E-state index contributed by atoms with van der Waals surface area (Å²) in [5.41, 5.74) is -0.329. The highest BCUT2D eigenvalue weighted by molar-refractivity contribution is 7.99. The molecule has 1 aliphatic rings. The minimum Gasteiger partial charge on any atom is -0.376 e. The molecule has 66 valence electrons. The topological polar surface area (TPSA) is 46.5 Å². The number of rotatable bonds is 3. The van der Waals surface area contributed by atoms with E-state index in [0.29, 0.717) is 0 Å². The van der Waals surface area contributed by atoms with Gasteiger partial charge >= 0.3 is 0 Å². The van der Waals surface area contributed by atoms with Crippen molar-refractivity contribution in [2.45, 2.75) is 12.0 Å². The van der Waals surface area contributed by atoms with Crippen LogP contribution >= 0.6 is 11.8 Å². The Balaban J connectivity index is 2.52. The van der Waals surface area contributed by atoms with Crippen molar-refractivity contribution in [1.82, 2.24) is 0 Å². The first-order chi connectivity index (χ1) is 5.18. The lowest BCUT2D eigenvalue weighted by Crippen LogP contribution is -2.37. The van der Waals surface area contributed by atoms with Gasteiger partial charge in [0.1, 0.15) is 0 Å². The highest BCUT2D eigenvalue weighted by Gasteiger charge is 2.35. The molecule has 1 N–H and O–H groups in total. The Morgan fingerprint density at radius 1 is 1.82 bits per heavy atom. The number of methoxy groups -OCH3 is 1. The molecule has 0 aliphatic carbocycles. The van der Waals surface area contributed by atoms with Gasteiger partial charge in [0, 0.05) is 12.9 Å². The fourth-order valence-corrected chi connectivity index (χ4v) is 3.49. The lowest BCUT2D eigenvalue weighted by atomic mass is 10.1. The molecule has 2 unspecified atom stereocenters. The van der Waals surface area contributed by atoms with Crippen LogP contribution in [-0.2, 0) is 15.8 Å². The minimum atomic E-state index is -1.73. The zero-order valence-corrected chi connectivity index (χ0v) is 8.04. The maximum Gasteiger partial charge on any atom is 0.155 e. The molecule has 3 nitrogen and oxygen atoms in total. The predicted molar refractivity (Wildman–Crippen MR) is 47.3 cm³/mol. The lowest BCUT2D eigenvalue weighted by molar-refractivity contribution is 0.0324. The van der Waals surface area contributed by atoms with Crippen LogP contribution in [0.1, 0.15) is 6.42 Å². The third-order valence-electron chi connectivity index (χ3n) is 1.89. The van der Waals surface area contributed by atoms with Gasteiger partial charge in [-0.05, 0) is 12.2 Å². The van der Waals surface area contributed by atoms with Crippen molar-refractivity contribution in [2.24, 2.45) is 0 Å². The van der Waals surface area contributed by atoms with Crippen LogP contribution in [0.2, 0.25) is 0 Å². The van der Waals surface area contributed by atoms with Crippen LogP contribution < -0.4 is 0 Å². The molecule has 0 amide bonds. The highest BCUT2D eigenvalue weighted by Crippen LogP contribution is 2.31. The predicted octanol–water partition coefficient (Wildman–Crippen LogP) is 0.730. The fourth-order valence-electron chi connectivity index (χ4n) is 1.15. The summed E-state index contributed by atoms with van der Waals surface area (Å²) in [4.78, 5) is 0. The Labute approximate surface area is 73.2 Å². The van der Waals surface area contributed by atoms with Gasteiger partial charge in [-0.15, -0.1) is 0 Å². The molecule has 1 saturated heterocycles. The van der Waals surface area contributed by atoms with E-state index in [4.69, 9.17) is 9.29 Å². The Kier molecular flexibility index (Phi) is 3.36. The van der Waals surface area contributed by atoms with Gasteiger partial charge in [-0.1, -0.05) is 0 Å². The molecule has 0 aromatic rings. The molecule has 11 heavy (non-hydrogen) atoms. The molecule has 5 heteroatoms. The minimum absolute atomic E-state index is 0.247. The van der Waals surface area contributed by atoms with E-state index in [2.05, 4.69) is 0 Å². The molecule has 1 aliphatic heterocycles. The molecule has 0 radical (unpaired) electrons. The summed E-state index contributed by atoms with van der Waals surface area (Å²) in [5, 5.41) is 0. The normalized spacial score (nSPS) is 34.0. The smallest absolute Gasteiger partial charge is 0.155 e. The Hall–Kier alpha value is 0.420. The quantitative estimate of drug-likeness (QED) is 0.676. The SMILES string of the molecule is COC1(CS(=O)O)CCSC1. The summed E-state index contributed by atoms with van der Waals surface area (Å²) in [7, 11) is 1.61. The Bertz CT molecular complexity index is 154. The monoisotopic (exact) mass is 196 g/mol. The molecular formula is C6H12O3S2. The maximum absolute atomic E-state index is 10.5. The number of hydrogen-bond donors (Lipinski definition) is 1. The highest BCUT2D eigenvalue weighted by atomic mass is 32.2. The van der Waals surface area contributed by atoms with Crippen molar-refractivity contribution in [2.75, 3.05) is 24.4 Å². The third kappa shape index (κ3) is 2.43. The van der Waals surface area contributed by atoms with Crippen LogP contribution in [0.3, 0.4) is 0 Å². The van der Waals surface area contributed by atoms with Gasteiger partial charge in [-0.2, -0.15) is 11.8 Å². The van der Waals surface area contributed by atoms with E-state index in [9.17, 15) is 4.21 Å². The van der Waals surface area contributed by atoms with Crippen LogP contribution in [-0.4, -0.2) is 38.7 Å². The molecule has 1 heterocycles. The molecule has 0 saturated carbocycles. The van der Waals surface area contributed by atoms with E-state index >= 15 is 0 Å². The van der Waals surface area contributed by atoms with Crippen molar-refractivity contribution < 1.29 is 13.5 Å². The van der Waals surface area contributed by atoms with Crippen molar-refractivity contribution in [1.29, 1.82) is 0 Å². The molecule has 0 aromatic carbocycles. The first kappa shape index (κ1) is 9.51. The van der Waals surface area contributed by atoms with Crippen LogP contribution in [0.5, 0.6) is 0 Å². The van der Waals surface area contributed by atoms with E-state index < -0.39 is 11.1 Å². The average molecular weight is 196 g/mol. The van der Waals surface area contributed by atoms with Gasteiger partial charge in [0.15, 0.2) is 11.1 Å². The van der Waals surface area contributed by atoms with Gasteiger partial charge in [-0.3, -0.25) is 0 Å². The van der Waals surface area contributed by atoms with Crippen LogP contribution in [0.4, 0.5) is 0 Å². The van der Waals surface area contributed by atoms with Crippen molar-refractivity contribution >= 4 is 22.8 Å². The number of ether oxygens (including phenoxy) is 1. The van der Waals surface area contributed by atoms with E-state index in [1.54, 1.807) is 18.9 Å². The summed E-state index contributed by atoms with van der Waals surface area (Å²) in [5.74, 6) is 2.12. The third-order valence-corrected chi connectivity index (χ3v) is 3.88. The largest absolute Gasteiger partial charge is 0.376 e. The molecule has 0 bridgehead atoms. The first-order valence-electron chi connectivity index (χ1n) is 3.39. The second-order valence-corrected chi connectivity index (χ2v) is 4.69. The van der Waals surface area contributed by atoms with Gasteiger partial charge in [0.2, 0.25) is 0 Å². The maximum atomic E-state index is 10.5. The number of thioether (sulfide) groups is 1. The van der Waals surface area contributed by atoms with E-state index in [-0.39, 0.29) is 11.4 Å². The van der Waals surface area contributed by atoms with Gasteiger partial charge in [-0.25, -0.2) is 4.21 Å². The molecule has 1 fully saturated rings. The van der Waals surface area contributed by atoms with Crippen LogP contribution in [0.15, 0.2) is 0 Å². The van der Waals surface area contributed by atoms with E-state index in [1.807, 2.05) is 0 Å². The van der Waals surface area contributed by atoms with Gasteiger partial charge < -0.3 is 9.29 Å². The van der Waals surface area contributed by atoms with Crippen molar-refractivity contribution in [3.8, 4) is 0 Å². The van der Waals surface area contributed by atoms with Crippen molar-refractivity contribution in [3.63, 3.8) is 0 Å². The Morgan fingerprint density at radius 3 is 2.91 bits per heavy atom. The summed E-state index contributed by atoms with van der Waals surface area (Å²) >= 11 is 0.0441. The molecule has 1 rings (SSSR count). The summed E-state index contributed by atoms with van der Waals surface area (Å²) in [6.07, 6.45) is 0.889. The summed E-state index contributed by atoms with van der Waals surface area (Å²) < 4.78 is 24.5.